The van der Waals surface area contributed by atoms with Crippen LogP contribution in [0, 0.1) is 0 Å². The highest BCUT2D eigenvalue weighted by Crippen LogP contribution is 2.25. The van der Waals surface area contributed by atoms with Crippen LogP contribution in [0.2, 0.25) is 0 Å². The third-order valence-electron chi connectivity index (χ3n) is 2.21. The molecule has 0 unspecified atom stereocenters. The highest BCUT2D eigenvalue weighted by Gasteiger charge is 2.18. The van der Waals surface area contributed by atoms with E-state index in [9.17, 15) is 4.79 Å². The Morgan fingerprint density at radius 1 is 1.54 bits per heavy atom. The standard InChI is InChI=1S/C8H7N3OS/c12-8-5-3-13-4-6(5)10-7-1-2-9-11(7)8/h1-2,9H,3-4H2. The summed E-state index contributed by atoms with van der Waals surface area (Å²) in [6.45, 7) is 0. The van der Waals surface area contributed by atoms with E-state index in [1.54, 1.807) is 18.0 Å². The molecule has 66 valence electrons. The van der Waals surface area contributed by atoms with Gasteiger partial charge in [-0.15, -0.1) is 0 Å². The van der Waals surface area contributed by atoms with Gasteiger partial charge in [-0.25, -0.2) is 9.50 Å². The van der Waals surface area contributed by atoms with Crippen molar-refractivity contribution in [2.24, 2.45) is 0 Å². The van der Waals surface area contributed by atoms with E-state index in [4.69, 9.17) is 0 Å². The molecule has 0 amide bonds. The Morgan fingerprint density at radius 2 is 2.46 bits per heavy atom. The minimum atomic E-state index is 0.0509. The maximum Gasteiger partial charge on any atom is 0.276 e. The highest BCUT2D eigenvalue weighted by atomic mass is 32.2. The normalized spacial score (nSPS) is 15.1. The molecule has 0 saturated heterocycles. The zero-order valence-electron chi connectivity index (χ0n) is 6.78. The molecule has 3 heterocycles. The number of hydrogen-bond acceptors (Lipinski definition) is 3. The number of thioether (sulfide) groups is 1. The van der Waals surface area contributed by atoms with E-state index in [2.05, 4.69) is 10.1 Å². The first-order valence-electron chi connectivity index (χ1n) is 4.02. The highest BCUT2D eigenvalue weighted by molar-refractivity contribution is 7.98. The molecular weight excluding hydrogens is 186 g/mol. The van der Waals surface area contributed by atoms with Crippen molar-refractivity contribution in [1.29, 1.82) is 0 Å². The van der Waals surface area contributed by atoms with Gasteiger partial charge in [0.1, 0.15) is 0 Å². The van der Waals surface area contributed by atoms with Crippen LogP contribution in [-0.2, 0) is 11.5 Å². The van der Waals surface area contributed by atoms with Crippen LogP contribution in [-0.4, -0.2) is 14.6 Å². The van der Waals surface area contributed by atoms with E-state index >= 15 is 0 Å². The average Bonchev–Trinajstić information content (AvgIpc) is 2.71. The molecule has 5 heteroatoms. The van der Waals surface area contributed by atoms with Crippen molar-refractivity contribution in [3.8, 4) is 0 Å². The molecule has 0 bridgehead atoms. The topological polar surface area (TPSA) is 50.2 Å². The molecule has 0 saturated carbocycles. The lowest BCUT2D eigenvalue weighted by Gasteiger charge is -1.97. The summed E-state index contributed by atoms with van der Waals surface area (Å²) in [5.74, 6) is 1.66. The first kappa shape index (κ1) is 7.20. The van der Waals surface area contributed by atoms with E-state index in [-0.39, 0.29) is 5.56 Å². The molecular formula is C8H7N3OS. The van der Waals surface area contributed by atoms with Gasteiger partial charge in [-0.1, -0.05) is 0 Å². The second-order valence-corrected chi connectivity index (χ2v) is 3.98. The first-order valence-corrected chi connectivity index (χ1v) is 5.17. The summed E-state index contributed by atoms with van der Waals surface area (Å²) in [5.41, 5.74) is 2.57. The van der Waals surface area contributed by atoms with Crippen molar-refractivity contribution < 1.29 is 0 Å². The van der Waals surface area contributed by atoms with Crippen molar-refractivity contribution in [3.05, 3.63) is 33.9 Å². The summed E-state index contributed by atoms with van der Waals surface area (Å²) in [4.78, 5) is 16.1. The van der Waals surface area contributed by atoms with Crippen molar-refractivity contribution in [3.63, 3.8) is 0 Å². The van der Waals surface area contributed by atoms with E-state index in [0.29, 0.717) is 5.65 Å². The molecule has 1 aliphatic rings. The lowest BCUT2D eigenvalue weighted by atomic mass is 10.3. The van der Waals surface area contributed by atoms with Gasteiger partial charge in [0.05, 0.1) is 11.3 Å². The lowest BCUT2D eigenvalue weighted by Crippen LogP contribution is -2.19. The van der Waals surface area contributed by atoms with E-state index in [1.807, 2.05) is 6.07 Å². The molecule has 0 aromatic carbocycles. The van der Waals surface area contributed by atoms with E-state index < -0.39 is 0 Å². The minimum absolute atomic E-state index is 0.0509. The number of aromatic amines is 1. The summed E-state index contributed by atoms with van der Waals surface area (Å²) >= 11 is 1.74. The Morgan fingerprint density at radius 3 is 3.38 bits per heavy atom. The van der Waals surface area contributed by atoms with Gasteiger partial charge in [0, 0.05) is 23.8 Å². The predicted octanol–water partition coefficient (Wildman–Crippen LogP) is 0.769. The first-order chi connectivity index (χ1) is 6.36. The summed E-state index contributed by atoms with van der Waals surface area (Å²) in [5, 5.41) is 2.85. The quantitative estimate of drug-likeness (QED) is 0.672. The fourth-order valence-electron chi connectivity index (χ4n) is 1.56. The van der Waals surface area contributed by atoms with Crippen molar-refractivity contribution >= 4 is 17.4 Å². The zero-order chi connectivity index (χ0) is 8.84. The van der Waals surface area contributed by atoms with Gasteiger partial charge in [0.15, 0.2) is 5.65 Å². The Hall–Kier alpha value is -1.23. The zero-order valence-corrected chi connectivity index (χ0v) is 7.60. The number of aromatic nitrogens is 3. The van der Waals surface area contributed by atoms with Gasteiger partial charge in [-0.05, 0) is 0 Å². The third-order valence-corrected chi connectivity index (χ3v) is 3.18. The van der Waals surface area contributed by atoms with Gasteiger partial charge in [-0.2, -0.15) is 11.8 Å². The second-order valence-electron chi connectivity index (χ2n) is 2.99. The van der Waals surface area contributed by atoms with Crippen LogP contribution >= 0.6 is 11.8 Å². The molecule has 2 aromatic heterocycles. The van der Waals surface area contributed by atoms with Crippen molar-refractivity contribution in [2.45, 2.75) is 11.5 Å². The number of rotatable bonds is 0. The molecule has 3 rings (SSSR count). The summed E-state index contributed by atoms with van der Waals surface area (Å²) in [6.07, 6.45) is 1.73. The van der Waals surface area contributed by atoms with Gasteiger partial charge >= 0.3 is 0 Å². The van der Waals surface area contributed by atoms with Gasteiger partial charge in [-0.3, -0.25) is 9.89 Å². The van der Waals surface area contributed by atoms with Crippen LogP contribution in [0.15, 0.2) is 17.1 Å². The van der Waals surface area contributed by atoms with Crippen LogP contribution in [0.5, 0.6) is 0 Å². The minimum Gasteiger partial charge on any atom is -0.297 e. The number of nitrogens with one attached hydrogen (secondary N) is 1. The number of nitrogens with zero attached hydrogens (tertiary/aromatic N) is 2. The van der Waals surface area contributed by atoms with Crippen LogP contribution in [0.3, 0.4) is 0 Å². The fraction of sp³-hybridized carbons (Fsp3) is 0.250. The Bertz CT molecular complexity index is 528. The SMILES string of the molecule is O=c1c2c(nc3cc[nH]n13)CSC2. The number of H-pyrrole nitrogens is 1. The van der Waals surface area contributed by atoms with Gasteiger partial charge < -0.3 is 0 Å². The summed E-state index contributed by atoms with van der Waals surface area (Å²) in [6, 6.07) is 1.81. The van der Waals surface area contributed by atoms with Gasteiger partial charge in [0.2, 0.25) is 0 Å². The fourth-order valence-corrected chi connectivity index (χ4v) is 2.58. The molecule has 0 spiro atoms. The molecule has 13 heavy (non-hydrogen) atoms. The Labute approximate surface area is 78.0 Å². The summed E-state index contributed by atoms with van der Waals surface area (Å²) in [7, 11) is 0. The molecule has 0 fully saturated rings. The van der Waals surface area contributed by atoms with E-state index in [1.165, 1.54) is 4.52 Å². The molecule has 2 aromatic rings. The average molecular weight is 193 g/mol. The van der Waals surface area contributed by atoms with Crippen LogP contribution in [0.4, 0.5) is 0 Å². The van der Waals surface area contributed by atoms with Crippen LogP contribution in [0.25, 0.3) is 5.65 Å². The lowest BCUT2D eigenvalue weighted by molar-refractivity contribution is 0.874. The molecule has 1 aliphatic heterocycles. The van der Waals surface area contributed by atoms with Crippen molar-refractivity contribution in [1.82, 2.24) is 14.6 Å². The van der Waals surface area contributed by atoms with Gasteiger partial charge in [0.25, 0.3) is 5.56 Å². The predicted molar refractivity (Wildman–Crippen MR) is 50.8 cm³/mol. The smallest absolute Gasteiger partial charge is 0.276 e. The molecule has 0 radical (unpaired) electrons. The molecule has 4 nitrogen and oxygen atoms in total. The maximum atomic E-state index is 11.8. The van der Waals surface area contributed by atoms with Crippen molar-refractivity contribution in [2.75, 3.05) is 0 Å². The van der Waals surface area contributed by atoms with Crippen LogP contribution < -0.4 is 5.56 Å². The molecule has 0 aliphatic carbocycles. The number of fused-ring (bicyclic) bond motifs is 2. The van der Waals surface area contributed by atoms with Crippen LogP contribution in [0.1, 0.15) is 11.3 Å². The number of hydrogen-bond donors (Lipinski definition) is 1. The molecule has 1 N–H and O–H groups in total. The van der Waals surface area contributed by atoms with E-state index in [0.717, 1.165) is 22.8 Å². The molecule has 0 atom stereocenters. The second kappa shape index (κ2) is 2.38. The third kappa shape index (κ3) is 0.875. The maximum absolute atomic E-state index is 11.8. The Kier molecular flexibility index (Phi) is 1.32. The largest absolute Gasteiger partial charge is 0.297 e. The monoisotopic (exact) mass is 193 g/mol. The Balaban J connectivity index is 2.53. The summed E-state index contributed by atoms with van der Waals surface area (Å²) < 4.78 is 1.49.